The number of rotatable bonds is 5. The molecule has 3 aromatic rings. The third-order valence-electron chi connectivity index (χ3n) is 3.27. The number of halogens is 1. The molecule has 0 amide bonds. The summed E-state index contributed by atoms with van der Waals surface area (Å²) in [6.45, 7) is 0.953. The lowest BCUT2D eigenvalue weighted by Gasteiger charge is -2.04. The molecule has 2 aromatic heterocycles. The first-order valence-corrected chi connectivity index (χ1v) is 6.60. The molecule has 21 heavy (non-hydrogen) atoms. The summed E-state index contributed by atoms with van der Waals surface area (Å²) >= 11 is 0. The molecule has 0 spiro atoms. The maximum Gasteiger partial charge on any atom is 0.203 e. The van der Waals surface area contributed by atoms with Crippen molar-refractivity contribution >= 4 is 17.0 Å². The van der Waals surface area contributed by atoms with Crippen molar-refractivity contribution in [3.05, 3.63) is 47.7 Å². The Morgan fingerprint density at radius 3 is 2.90 bits per heavy atom. The molecule has 0 fully saturated rings. The first-order chi connectivity index (χ1) is 10.2. The van der Waals surface area contributed by atoms with Crippen LogP contribution >= 0.6 is 0 Å². The normalized spacial score (nSPS) is 11.2. The smallest absolute Gasteiger partial charge is 0.203 e. The van der Waals surface area contributed by atoms with Gasteiger partial charge in [0.25, 0.3) is 0 Å². The number of nitrogens with zero attached hydrogens (tertiary/aromatic N) is 2. The Morgan fingerprint density at radius 2 is 2.10 bits per heavy atom. The summed E-state index contributed by atoms with van der Waals surface area (Å²) < 4.78 is 25.7. The van der Waals surface area contributed by atoms with E-state index in [0.717, 1.165) is 17.0 Å². The zero-order chi connectivity index (χ0) is 14.8. The van der Waals surface area contributed by atoms with Crippen LogP contribution in [0.4, 0.5) is 10.3 Å². The minimum atomic E-state index is -0.289. The van der Waals surface area contributed by atoms with Crippen molar-refractivity contribution in [2.45, 2.75) is 13.2 Å². The molecule has 0 aliphatic rings. The van der Waals surface area contributed by atoms with E-state index >= 15 is 0 Å². The minimum Gasteiger partial charge on any atom is -0.462 e. The second kappa shape index (κ2) is 5.57. The van der Waals surface area contributed by atoms with Crippen molar-refractivity contribution in [3.8, 4) is 0 Å². The molecule has 3 rings (SSSR count). The number of aromatic nitrogens is 2. The van der Waals surface area contributed by atoms with Crippen LogP contribution in [0, 0.1) is 5.82 Å². The molecule has 0 saturated heterocycles. The maximum absolute atomic E-state index is 13.2. The number of nitrogens with one attached hydrogen (secondary N) is 1. The summed E-state index contributed by atoms with van der Waals surface area (Å²) in [6, 6.07) is 8.34. The predicted molar refractivity (Wildman–Crippen MR) is 77.4 cm³/mol. The zero-order valence-electron chi connectivity index (χ0n) is 11.9. The van der Waals surface area contributed by atoms with Gasteiger partial charge in [0, 0.05) is 20.2 Å². The zero-order valence-corrected chi connectivity index (χ0v) is 11.9. The first-order valence-electron chi connectivity index (χ1n) is 6.60. The number of anilines is 1. The predicted octanol–water partition coefficient (Wildman–Crippen LogP) is 3.06. The van der Waals surface area contributed by atoms with Gasteiger partial charge in [0.15, 0.2) is 0 Å². The molecule has 0 atom stereocenters. The van der Waals surface area contributed by atoms with Crippen LogP contribution in [0.1, 0.15) is 11.5 Å². The molecule has 0 radical (unpaired) electrons. The second-order valence-electron chi connectivity index (χ2n) is 4.78. The van der Waals surface area contributed by atoms with E-state index in [1.54, 1.807) is 13.2 Å². The molecule has 0 saturated carbocycles. The third kappa shape index (κ3) is 2.75. The van der Waals surface area contributed by atoms with Crippen LogP contribution in [0.3, 0.4) is 0 Å². The lowest BCUT2D eigenvalue weighted by Crippen LogP contribution is -2.04. The highest BCUT2D eigenvalue weighted by Crippen LogP contribution is 2.20. The summed E-state index contributed by atoms with van der Waals surface area (Å²) in [5.74, 6) is 1.95. The number of fused-ring (bicyclic) bond motifs is 1. The van der Waals surface area contributed by atoms with Gasteiger partial charge in [-0.3, -0.25) is 0 Å². The lowest BCUT2D eigenvalue weighted by atomic mass is 10.3. The highest BCUT2D eigenvalue weighted by Gasteiger charge is 2.09. The van der Waals surface area contributed by atoms with Crippen molar-refractivity contribution in [2.75, 3.05) is 12.4 Å². The van der Waals surface area contributed by atoms with Crippen LogP contribution in [-0.4, -0.2) is 16.7 Å². The number of hydrogen-bond donors (Lipinski definition) is 1. The van der Waals surface area contributed by atoms with E-state index in [4.69, 9.17) is 9.15 Å². The van der Waals surface area contributed by atoms with Gasteiger partial charge in [-0.15, -0.1) is 0 Å². The van der Waals surface area contributed by atoms with E-state index in [9.17, 15) is 4.39 Å². The van der Waals surface area contributed by atoms with Gasteiger partial charge in [0.2, 0.25) is 5.95 Å². The summed E-state index contributed by atoms with van der Waals surface area (Å²) in [6.07, 6.45) is 0. The molecule has 0 aliphatic carbocycles. The van der Waals surface area contributed by atoms with E-state index < -0.39 is 0 Å². The molecular formula is C15H16FN3O2. The number of aryl methyl sites for hydroxylation is 1. The topological polar surface area (TPSA) is 52.2 Å². The molecule has 1 aromatic carbocycles. The Bertz CT molecular complexity index is 763. The van der Waals surface area contributed by atoms with Gasteiger partial charge in [0.05, 0.1) is 17.6 Å². The fourth-order valence-corrected chi connectivity index (χ4v) is 2.23. The minimum absolute atomic E-state index is 0.289. The molecule has 6 heteroatoms. The van der Waals surface area contributed by atoms with Crippen molar-refractivity contribution in [2.24, 2.45) is 7.05 Å². The van der Waals surface area contributed by atoms with Gasteiger partial charge in [-0.1, -0.05) is 0 Å². The van der Waals surface area contributed by atoms with Crippen LogP contribution in [-0.2, 0) is 24.9 Å². The van der Waals surface area contributed by atoms with Crippen molar-refractivity contribution in [1.82, 2.24) is 9.55 Å². The van der Waals surface area contributed by atoms with Gasteiger partial charge >= 0.3 is 0 Å². The van der Waals surface area contributed by atoms with E-state index in [2.05, 4.69) is 10.3 Å². The first kappa shape index (κ1) is 13.6. The SMILES string of the molecule is COCc1ccc(CNc2nc3cc(F)ccc3n2C)o1. The Morgan fingerprint density at radius 1 is 1.29 bits per heavy atom. The number of hydrogen-bond acceptors (Lipinski definition) is 4. The van der Waals surface area contributed by atoms with Gasteiger partial charge in [-0.05, 0) is 24.3 Å². The van der Waals surface area contributed by atoms with Gasteiger partial charge < -0.3 is 19.0 Å². The molecule has 5 nitrogen and oxygen atoms in total. The van der Waals surface area contributed by atoms with Gasteiger partial charge in [-0.2, -0.15) is 0 Å². The van der Waals surface area contributed by atoms with Crippen molar-refractivity contribution < 1.29 is 13.5 Å². The van der Waals surface area contributed by atoms with Crippen LogP contribution in [0.15, 0.2) is 34.7 Å². The van der Waals surface area contributed by atoms with Crippen LogP contribution in [0.5, 0.6) is 0 Å². The molecule has 1 N–H and O–H groups in total. The van der Waals surface area contributed by atoms with Crippen LogP contribution in [0.2, 0.25) is 0 Å². The van der Waals surface area contributed by atoms with Crippen LogP contribution < -0.4 is 5.32 Å². The number of furan rings is 1. The van der Waals surface area contributed by atoms with E-state index in [0.29, 0.717) is 24.6 Å². The summed E-state index contributed by atoms with van der Waals surface area (Å²) in [4.78, 5) is 4.38. The lowest BCUT2D eigenvalue weighted by molar-refractivity contribution is 0.163. The summed E-state index contributed by atoms with van der Waals surface area (Å²) in [7, 11) is 3.51. The van der Waals surface area contributed by atoms with E-state index in [1.807, 2.05) is 23.7 Å². The monoisotopic (exact) mass is 289 g/mol. The third-order valence-corrected chi connectivity index (χ3v) is 3.27. The Balaban J connectivity index is 1.76. The molecule has 2 heterocycles. The highest BCUT2D eigenvalue weighted by atomic mass is 19.1. The summed E-state index contributed by atoms with van der Waals surface area (Å²) in [5.41, 5.74) is 1.50. The standard InChI is InChI=1S/C15H16FN3O2/c1-19-14-6-3-10(16)7-13(14)18-15(19)17-8-11-4-5-12(21-11)9-20-2/h3-7H,8-9H2,1-2H3,(H,17,18). The maximum atomic E-state index is 13.2. The fraction of sp³-hybridized carbons (Fsp3) is 0.267. The average molecular weight is 289 g/mol. The molecule has 0 bridgehead atoms. The molecule has 0 aliphatic heterocycles. The molecule has 0 unspecified atom stereocenters. The van der Waals surface area contributed by atoms with Gasteiger partial charge in [-0.25, -0.2) is 9.37 Å². The Labute approximate surface area is 121 Å². The van der Waals surface area contributed by atoms with Crippen LogP contribution in [0.25, 0.3) is 11.0 Å². The number of benzene rings is 1. The quantitative estimate of drug-likeness (QED) is 0.784. The van der Waals surface area contributed by atoms with Crippen molar-refractivity contribution in [1.29, 1.82) is 0 Å². The largest absolute Gasteiger partial charge is 0.462 e. The Hall–Kier alpha value is -2.34. The van der Waals surface area contributed by atoms with E-state index in [-0.39, 0.29) is 5.82 Å². The number of methoxy groups -OCH3 is 1. The van der Waals surface area contributed by atoms with Crippen molar-refractivity contribution in [3.63, 3.8) is 0 Å². The van der Waals surface area contributed by atoms with E-state index in [1.165, 1.54) is 12.1 Å². The van der Waals surface area contributed by atoms with Gasteiger partial charge in [0.1, 0.15) is 23.9 Å². The molecular weight excluding hydrogens is 273 g/mol. The second-order valence-corrected chi connectivity index (χ2v) is 4.78. The number of imidazole rings is 1. The average Bonchev–Trinajstić information content (AvgIpc) is 3.02. The fourth-order valence-electron chi connectivity index (χ4n) is 2.23. The summed E-state index contributed by atoms with van der Waals surface area (Å²) in [5, 5.41) is 3.19. The molecule has 110 valence electrons. The highest BCUT2D eigenvalue weighted by molar-refractivity contribution is 5.78. The Kier molecular flexibility index (Phi) is 3.62. The number of ether oxygens (including phenoxy) is 1.